The fourth-order valence-corrected chi connectivity index (χ4v) is 1.59. The van der Waals surface area contributed by atoms with Crippen molar-refractivity contribution in [1.82, 2.24) is 14.9 Å². The van der Waals surface area contributed by atoms with E-state index in [1.54, 1.807) is 12.4 Å². The summed E-state index contributed by atoms with van der Waals surface area (Å²) in [5.41, 5.74) is 5.36. The van der Waals surface area contributed by atoms with E-state index < -0.39 is 0 Å². The second-order valence-corrected chi connectivity index (χ2v) is 4.11. The van der Waals surface area contributed by atoms with Crippen LogP contribution in [0.1, 0.15) is 39.1 Å². The molecule has 0 fully saturated rings. The van der Waals surface area contributed by atoms with Crippen LogP contribution in [0.15, 0.2) is 12.4 Å². The quantitative estimate of drug-likeness (QED) is 0.751. The minimum Gasteiger partial charge on any atom is -0.368 e. The lowest BCUT2D eigenvalue weighted by Crippen LogP contribution is -2.29. The molecule has 5 heteroatoms. The Morgan fingerprint density at radius 3 is 2.81 bits per heavy atom. The molecule has 0 aliphatic rings. The van der Waals surface area contributed by atoms with Crippen molar-refractivity contribution in [2.45, 2.75) is 45.8 Å². The van der Waals surface area contributed by atoms with Gasteiger partial charge in [-0.2, -0.15) is 0 Å². The van der Waals surface area contributed by atoms with Crippen molar-refractivity contribution in [2.24, 2.45) is 5.73 Å². The van der Waals surface area contributed by atoms with Crippen LogP contribution in [0, 0.1) is 0 Å². The second kappa shape index (κ2) is 5.65. The van der Waals surface area contributed by atoms with Crippen molar-refractivity contribution in [1.29, 1.82) is 0 Å². The summed E-state index contributed by atoms with van der Waals surface area (Å²) in [5, 5.41) is 3.27. The van der Waals surface area contributed by atoms with E-state index in [1.807, 2.05) is 11.5 Å². The first-order valence-electron chi connectivity index (χ1n) is 5.60. The summed E-state index contributed by atoms with van der Waals surface area (Å²) in [6.45, 7) is 6.72. The van der Waals surface area contributed by atoms with E-state index in [0.717, 1.165) is 5.82 Å². The number of nitrogens with two attached hydrogens (primary N) is 1. The molecule has 0 aliphatic heterocycles. The van der Waals surface area contributed by atoms with E-state index in [0.29, 0.717) is 19.0 Å². The highest BCUT2D eigenvalue weighted by molar-refractivity contribution is 5.78. The number of carbonyl (C=O) groups is 1. The normalized spacial score (nSPS) is 13.0. The van der Waals surface area contributed by atoms with E-state index in [4.69, 9.17) is 5.73 Å². The molecule has 0 bridgehead atoms. The SMILES string of the molecule is CCC(C(N)=O)n1ccnc1CNC(C)C. The minimum absolute atomic E-state index is 0.300. The Hall–Kier alpha value is -1.36. The van der Waals surface area contributed by atoms with Gasteiger partial charge in [0, 0.05) is 18.4 Å². The molecule has 16 heavy (non-hydrogen) atoms. The molecule has 0 spiro atoms. The average molecular weight is 224 g/mol. The summed E-state index contributed by atoms with van der Waals surface area (Å²) < 4.78 is 1.84. The second-order valence-electron chi connectivity index (χ2n) is 4.11. The number of nitrogens with one attached hydrogen (secondary N) is 1. The van der Waals surface area contributed by atoms with Gasteiger partial charge in [-0.05, 0) is 6.42 Å². The van der Waals surface area contributed by atoms with Crippen LogP contribution in [0.5, 0.6) is 0 Å². The first kappa shape index (κ1) is 12.7. The number of rotatable bonds is 6. The molecule has 5 nitrogen and oxygen atoms in total. The molecule has 1 atom stereocenters. The van der Waals surface area contributed by atoms with Crippen molar-refractivity contribution in [3.8, 4) is 0 Å². The van der Waals surface area contributed by atoms with Gasteiger partial charge in [-0.25, -0.2) is 4.98 Å². The van der Waals surface area contributed by atoms with Crippen LogP contribution < -0.4 is 11.1 Å². The maximum Gasteiger partial charge on any atom is 0.240 e. The smallest absolute Gasteiger partial charge is 0.240 e. The third-order valence-corrected chi connectivity index (χ3v) is 2.47. The average Bonchev–Trinajstić information content (AvgIpc) is 2.63. The van der Waals surface area contributed by atoms with Gasteiger partial charge < -0.3 is 15.6 Å². The summed E-state index contributed by atoms with van der Waals surface area (Å²) in [5.74, 6) is 0.533. The number of hydrogen-bond acceptors (Lipinski definition) is 3. The van der Waals surface area contributed by atoms with Crippen molar-refractivity contribution >= 4 is 5.91 Å². The molecule has 1 amide bonds. The van der Waals surface area contributed by atoms with Gasteiger partial charge in [0.25, 0.3) is 0 Å². The van der Waals surface area contributed by atoms with Crippen molar-refractivity contribution < 1.29 is 4.79 Å². The van der Waals surface area contributed by atoms with Crippen molar-refractivity contribution in [2.75, 3.05) is 0 Å². The number of nitrogens with zero attached hydrogens (tertiary/aromatic N) is 2. The lowest BCUT2D eigenvalue weighted by atomic mass is 10.2. The van der Waals surface area contributed by atoms with E-state index in [-0.39, 0.29) is 11.9 Å². The third kappa shape index (κ3) is 3.06. The van der Waals surface area contributed by atoms with Gasteiger partial charge in [0.2, 0.25) is 5.91 Å². The van der Waals surface area contributed by atoms with E-state index in [2.05, 4.69) is 24.1 Å². The molecule has 1 aromatic rings. The molecule has 0 aliphatic carbocycles. The molecule has 1 rings (SSSR count). The Morgan fingerprint density at radius 1 is 1.62 bits per heavy atom. The molecular weight excluding hydrogens is 204 g/mol. The highest BCUT2D eigenvalue weighted by atomic mass is 16.1. The lowest BCUT2D eigenvalue weighted by molar-refractivity contribution is -0.121. The van der Waals surface area contributed by atoms with E-state index in [9.17, 15) is 4.79 Å². The number of carbonyl (C=O) groups excluding carboxylic acids is 1. The highest BCUT2D eigenvalue weighted by Gasteiger charge is 2.17. The molecular formula is C11H20N4O. The van der Waals surface area contributed by atoms with Gasteiger partial charge in [-0.15, -0.1) is 0 Å². The van der Waals surface area contributed by atoms with Gasteiger partial charge >= 0.3 is 0 Å². The summed E-state index contributed by atoms with van der Waals surface area (Å²) in [7, 11) is 0. The molecule has 1 aromatic heterocycles. The maximum absolute atomic E-state index is 11.3. The van der Waals surface area contributed by atoms with Gasteiger partial charge in [-0.3, -0.25) is 4.79 Å². The molecule has 0 aromatic carbocycles. The number of aromatic nitrogens is 2. The monoisotopic (exact) mass is 224 g/mol. The largest absolute Gasteiger partial charge is 0.368 e. The Labute approximate surface area is 96.0 Å². The van der Waals surface area contributed by atoms with Gasteiger partial charge in [0.05, 0.1) is 6.54 Å². The summed E-state index contributed by atoms with van der Waals surface area (Å²) in [6.07, 6.45) is 4.18. The minimum atomic E-state index is -0.314. The zero-order chi connectivity index (χ0) is 12.1. The fourth-order valence-electron chi connectivity index (χ4n) is 1.59. The predicted octanol–water partition coefficient (Wildman–Crippen LogP) is 0.817. The van der Waals surface area contributed by atoms with Gasteiger partial charge in [0.15, 0.2) is 0 Å². The standard InChI is InChI=1S/C11H20N4O/c1-4-9(11(12)16)15-6-5-13-10(15)7-14-8(2)3/h5-6,8-9,14H,4,7H2,1-3H3,(H2,12,16). The molecule has 3 N–H and O–H groups in total. The predicted molar refractivity (Wildman–Crippen MR) is 62.7 cm³/mol. The van der Waals surface area contributed by atoms with Crippen LogP contribution in [0.25, 0.3) is 0 Å². The topological polar surface area (TPSA) is 72.9 Å². The van der Waals surface area contributed by atoms with Crippen LogP contribution >= 0.6 is 0 Å². The van der Waals surface area contributed by atoms with Gasteiger partial charge in [-0.1, -0.05) is 20.8 Å². The Morgan fingerprint density at radius 2 is 2.31 bits per heavy atom. The number of imidazole rings is 1. The van der Waals surface area contributed by atoms with Crippen LogP contribution in [0.4, 0.5) is 0 Å². The molecule has 0 saturated carbocycles. The Kier molecular flexibility index (Phi) is 4.49. The molecule has 90 valence electrons. The van der Waals surface area contributed by atoms with Crippen molar-refractivity contribution in [3.05, 3.63) is 18.2 Å². The first-order chi connectivity index (χ1) is 7.56. The summed E-state index contributed by atoms with van der Waals surface area (Å²) in [6, 6.07) is 0.0882. The van der Waals surface area contributed by atoms with Crippen LogP contribution in [0.3, 0.4) is 0 Å². The van der Waals surface area contributed by atoms with Crippen LogP contribution in [-0.2, 0) is 11.3 Å². The van der Waals surface area contributed by atoms with Crippen molar-refractivity contribution in [3.63, 3.8) is 0 Å². The maximum atomic E-state index is 11.3. The number of hydrogen-bond donors (Lipinski definition) is 2. The third-order valence-electron chi connectivity index (χ3n) is 2.47. The summed E-state index contributed by atoms with van der Waals surface area (Å²) >= 11 is 0. The Bertz CT molecular complexity index is 346. The van der Waals surface area contributed by atoms with Crippen LogP contribution in [-0.4, -0.2) is 21.5 Å². The molecule has 0 saturated heterocycles. The van der Waals surface area contributed by atoms with E-state index in [1.165, 1.54) is 0 Å². The Balaban J connectivity index is 2.80. The summed E-state index contributed by atoms with van der Waals surface area (Å²) in [4.78, 5) is 15.5. The fraction of sp³-hybridized carbons (Fsp3) is 0.636. The highest BCUT2D eigenvalue weighted by Crippen LogP contribution is 2.13. The molecule has 0 radical (unpaired) electrons. The molecule has 1 unspecified atom stereocenters. The number of amides is 1. The van der Waals surface area contributed by atoms with E-state index >= 15 is 0 Å². The lowest BCUT2D eigenvalue weighted by Gasteiger charge is -2.16. The van der Waals surface area contributed by atoms with Crippen LogP contribution in [0.2, 0.25) is 0 Å². The number of primary amides is 1. The zero-order valence-electron chi connectivity index (χ0n) is 10.1. The molecule has 1 heterocycles. The zero-order valence-corrected chi connectivity index (χ0v) is 10.1. The first-order valence-corrected chi connectivity index (χ1v) is 5.60. The van der Waals surface area contributed by atoms with Gasteiger partial charge in [0.1, 0.15) is 11.9 Å².